The molecule has 0 unspecified atom stereocenters. The predicted molar refractivity (Wildman–Crippen MR) is 127 cm³/mol. The highest BCUT2D eigenvalue weighted by Gasteiger charge is 2.46. The zero-order valence-corrected chi connectivity index (χ0v) is 21.2. The molecule has 0 bridgehead atoms. The van der Waals surface area contributed by atoms with Gasteiger partial charge in [0.1, 0.15) is 15.6 Å². The summed E-state index contributed by atoms with van der Waals surface area (Å²) < 4.78 is 79.6. The Bertz CT molecular complexity index is 1350. The van der Waals surface area contributed by atoms with Crippen LogP contribution in [0.25, 0.3) is 0 Å². The Labute approximate surface area is 211 Å². The summed E-state index contributed by atoms with van der Waals surface area (Å²) >= 11 is 0. The molecule has 12 heteroatoms. The molecule has 2 aliphatic heterocycles. The summed E-state index contributed by atoms with van der Waals surface area (Å²) in [5, 5.41) is 0. The van der Waals surface area contributed by atoms with Crippen LogP contribution < -0.4 is 9.64 Å². The number of halogens is 4. The van der Waals surface area contributed by atoms with Gasteiger partial charge in [0.25, 0.3) is 0 Å². The first-order valence-corrected chi connectivity index (χ1v) is 13.4. The molecular formula is C25H26F4N2O5S. The minimum absolute atomic E-state index is 0.0365. The zero-order chi connectivity index (χ0) is 27.4. The summed E-state index contributed by atoms with van der Waals surface area (Å²) in [4.78, 5) is 31.5. The van der Waals surface area contributed by atoms with E-state index in [1.165, 1.54) is 11.1 Å². The summed E-state index contributed by atoms with van der Waals surface area (Å²) in [5.41, 5.74) is -0.244. The van der Waals surface area contributed by atoms with Gasteiger partial charge in [-0.1, -0.05) is 6.92 Å². The molecule has 3 heterocycles. The lowest BCUT2D eigenvalue weighted by atomic mass is 9.78. The lowest BCUT2D eigenvalue weighted by molar-refractivity contribution is -0.253. The van der Waals surface area contributed by atoms with E-state index in [4.69, 9.17) is 0 Å². The van der Waals surface area contributed by atoms with Gasteiger partial charge in [0, 0.05) is 18.1 Å². The van der Waals surface area contributed by atoms with Crippen LogP contribution in [0.4, 0.5) is 28.9 Å². The number of amides is 1. The Morgan fingerprint density at radius 2 is 1.78 bits per heavy atom. The summed E-state index contributed by atoms with van der Waals surface area (Å²) in [6.07, 6.45) is -5.80. The number of benzene rings is 1. The van der Waals surface area contributed by atoms with Gasteiger partial charge in [-0.3, -0.25) is 19.5 Å². The molecule has 1 aromatic carbocycles. The summed E-state index contributed by atoms with van der Waals surface area (Å²) in [6, 6.07) is 5.73. The lowest BCUT2D eigenvalue weighted by Crippen LogP contribution is -2.34. The van der Waals surface area contributed by atoms with E-state index in [0.29, 0.717) is 29.7 Å². The van der Waals surface area contributed by atoms with E-state index < -0.39 is 44.9 Å². The minimum atomic E-state index is -4.74. The number of sulfone groups is 1. The maximum absolute atomic E-state index is 13.4. The van der Waals surface area contributed by atoms with E-state index in [1.54, 1.807) is 32.0 Å². The third-order valence-electron chi connectivity index (χ3n) is 7.06. The largest absolute Gasteiger partial charge is 0.461 e. The molecule has 0 spiro atoms. The number of alkyl halides is 4. The summed E-state index contributed by atoms with van der Waals surface area (Å²) in [6.45, 7) is 5.19. The van der Waals surface area contributed by atoms with E-state index in [-0.39, 0.29) is 29.4 Å². The first-order chi connectivity index (χ1) is 17.0. The molecule has 0 radical (unpaired) electrons. The van der Waals surface area contributed by atoms with Crippen molar-refractivity contribution in [2.75, 3.05) is 16.4 Å². The van der Waals surface area contributed by atoms with Crippen molar-refractivity contribution in [3.63, 3.8) is 0 Å². The van der Waals surface area contributed by atoms with Crippen molar-refractivity contribution in [2.45, 2.75) is 58.0 Å². The zero-order valence-electron chi connectivity index (χ0n) is 20.4. The molecule has 7 nitrogen and oxygen atoms in total. The number of hydrogen-bond acceptors (Lipinski definition) is 6. The first kappa shape index (κ1) is 27.0. The molecule has 1 amide bonds. The van der Waals surface area contributed by atoms with E-state index in [2.05, 4.69) is 9.72 Å². The topological polar surface area (TPSA) is 93.6 Å². The number of carbonyl (C=O) groups excluding carboxylic acids is 2. The maximum Gasteiger partial charge on any atom is 0.461 e. The van der Waals surface area contributed by atoms with Gasteiger partial charge in [-0.15, -0.1) is 0 Å². The van der Waals surface area contributed by atoms with Crippen LogP contribution in [-0.4, -0.2) is 49.1 Å². The molecule has 37 heavy (non-hydrogen) atoms. The fourth-order valence-electron chi connectivity index (χ4n) is 4.65. The molecule has 1 aromatic heterocycles. The second-order valence-electron chi connectivity index (χ2n) is 10.4. The van der Waals surface area contributed by atoms with Crippen LogP contribution in [0.5, 0.6) is 5.75 Å². The molecule has 0 N–H and O–H groups in total. The van der Waals surface area contributed by atoms with Crippen molar-refractivity contribution in [1.29, 1.82) is 0 Å². The Hall–Kier alpha value is -3.02. The van der Waals surface area contributed by atoms with Crippen LogP contribution in [0.1, 0.15) is 56.0 Å². The summed E-state index contributed by atoms with van der Waals surface area (Å²) in [5.74, 6) is -1.18. The van der Waals surface area contributed by atoms with Gasteiger partial charge in [-0.25, -0.2) is 8.42 Å². The number of pyridine rings is 1. The standard InChI is InChI=1S/C25H26F4N2O5S/c1-23(2)18-10-15(20(32)12-24(3)6-8-37(34,35)9-7-24)4-5-19(18)31(22(23)33)16-11-17(14-30-13-16)36-25(28,29)21(26)27/h4-5,10-11,13-14,21H,6-9,12H2,1-3H3. The van der Waals surface area contributed by atoms with Gasteiger partial charge >= 0.3 is 12.5 Å². The van der Waals surface area contributed by atoms with Crippen molar-refractivity contribution in [3.05, 3.63) is 47.8 Å². The number of anilines is 2. The van der Waals surface area contributed by atoms with Crippen LogP contribution in [0.3, 0.4) is 0 Å². The number of Topliss-reactive ketones (excluding diaryl/α,β-unsaturated/α-hetero) is 1. The Balaban J connectivity index is 1.62. The van der Waals surface area contributed by atoms with E-state index in [1.807, 2.05) is 6.92 Å². The fourth-order valence-corrected chi connectivity index (χ4v) is 6.46. The maximum atomic E-state index is 13.4. The molecular weight excluding hydrogens is 516 g/mol. The second kappa shape index (κ2) is 9.07. The quantitative estimate of drug-likeness (QED) is 0.359. The van der Waals surface area contributed by atoms with Crippen LogP contribution in [0, 0.1) is 5.41 Å². The van der Waals surface area contributed by atoms with Gasteiger partial charge < -0.3 is 4.74 Å². The minimum Gasteiger partial charge on any atom is -0.427 e. The van der Waals surface area contributed by atoms with E-state index >= 15 is 0 Å². The van der Waals surface area contributed by atoms with Crippen LogP contribution in [-0.2, 0) is 20.0 Å². The molecule has 2 aliphatic rings. The molecule has 1 saturated heterocycles. The monoisotopic (exact) mass is 542 g/mol. The van der Waals surface area contributed by atoms with Crippen molar-refractivity contribution in [1.82, 2.24) is 4.98 Å². The highest BCUT2D eigenvalue weighted by atomic mass is 32.2. The number of carbonyl (C=O) groups is 2. The van der Waals surface area contributed by atoms with Crippen molar-refractivity contribution in [3.8, 4) is 5.75 Å². The van der Waals surface area contributed by atoms with Gasteiger partial charge in [0.2, 0.25) is 5.91 Å². The van der Waals surface area contributed by atoms with Gasteiger partial charge in [0.05, 0.1) is 40.7 Å². The Morgan fingerprint density at radius 3 is 2.41 bits per heavy atom. The second-order valence-corrected chi connectivity index (χ2v) is 12.7. The number of hydrogen-bond donors (Lipinski definition) is 0. The SMILES string of the molecule is CC1(CC(=O)c2ccc3c(c2)C(C)(C)C(=O)N3c2cncc(OC(F)(F)C(F)F)c2)CCS(=O)(=O)CC1. The average Bonchev–Trinajstić information content (AvgIpc) is 3.01. The molecule has 0 atom stereocenters. The molecule has 0 aliphatic carbocycles. The summed E-state index contributed by atoms with van der Waals surface area (Å²) in [7, 11) is -3.08. The van der Waals surface area contributed by atoms with E-state index in [0.717, 1.165) is 12.3 Å². The number of aromatic nitrogens is 1. The normalized spacial score (nSPS) is 20.1. The highest BCUT2D eigenvalue weighted by molar-refractivity contribution is 7.91. The van der Waals surface area contributed by atoms with Crippen LogP contribution in [0.2, 0.25) is 0 Å². The first-order valence-electron chi connectivity index (χ1n) is 11.6. The van der Waals surface area contributed by atoms with Crippen LogP contribution >= 0.6 is 0 Å². The molecule has 2 aromatic rings. The smallest absolute Gasteiger partial charge is 0.427 e. The number of nitrogens with zero attached hydrogens (tertiary/aromatic N) is 2. The number of fused-ring (bicyclic) bond motifs is 1. The Morgan fingerprint density at radius 1 is 1.14 bits per heavy atom. The third-order valence-corrected chi connectivity index (χ3v) is 8.71. The van der Waals surface area contributed by atoms with Gasteiger partial charge in [0.15, 0.2) is 5.78 Å². The number of rotatable bonds is 7. The van der Waals surface area contributed by atoms with Crippen molar-refractivity contribution in [2.24, 2.45) is 5.41 Å². The molecule has 1 fully saturated rings. The molecule has 4 rings (SSSR count). The fraction of sp³-hybridized carbons (Fsp3) is 0.480. The highest BCUT2D eigenvalue weighted by Crippen LogP contribution is 2.46. The third kappa shape index (κ3) is 5.21. The van der Waals surface area contributed by atoms with Gasteiger partial charge in [-0.05, 0) is 55.9 Å². The van der Waals surface area contributed by atoms with Crippen molar-refractivity contribution < 1.29 is 40.3 Å². The van der Waals surface area contributed by atoms with Gasteiger partial charge in [-0.2, -0.15) is 17.6 Å². The van der Waals surface area contributed by atoms with Crippen LogP contribution in [0.15, 0.2) is 36.7 Å². The lowest BCUT2D eigenvalue weighted by Gasteiger charge is -2.32. The van der Waals surface area contributed by atoms with E-state index in [9.17, 15) is 35.6 Å². The molecule has 0 saturated carbocycles. The number of ether oxygens (including phenoxy) is 1. The van der Waals surface area contributed by atoms with Crippen molar-refractivity contribution >= 4 is 32.9 Å². The Kier molecular flexibility index (Phi) is 6.63. The predicted octanol–water partition coefficient (Wildman–Crippen LogP) is 5.06. The number of ketones is 1. The average molecular weight is 543 g/mol. The molecule has 200 valence electrons.